The van der Waals surface area contributed by atoms with Gasteiger partial charge in [0.2, 0.25) is 0 Å². The van der Waals surface area contributed by atoms with Crippen LogP contribution in [0, 0.1) is 5.82 Å². The number of hydrogen-bond donors (Lipinski definition) is 2. The van der Waals surface area contributed by atoms with Crippen LogP contribution >= 0.6 is 0 Å². The van der Waals surface area contributed by atoms with Gasteiger partial charge in [0.25, 0.3) is 0 Å². The van der Waals surface area contributed by atoms with Crippen molar-refractivity contribution in [2.24, 2.45) is 0 Å². The van der Waals surface area contributed by atoms with E-state index >= 15 is 0 Å². The van der Waals surface area contributed by atoms with Crippen LogP contribution in [0.4, 0.5) is 14.9 Å². The second-order valence-corrected chi connectivity index (χ2v) is 4.84. The molecule has 0 aliphatic heterocycles. The average Bonchev–Trinajstić information content (AvgIpc) is 2.53. The predicted molar refractivity (Wildman–Crippen MR) is 84.7 cm³/mol. The van der Waals surface area contributed by atoms with E-state index < -0.39 is 0 Å². The highest BCUT2D eigenvalue weighted by Crippen LogP contribution is 2.16. The van der Waals surface area contributed by atoms with Crippen molar-refractivity contribution in [3.63, 3.8) is 0 Å². The van der Waals surface area contributed by atoms with Crippen LogP contribution in [0.5, 0.6) is 5.75 Å². The number of amides is 2. The van der Waals surface area contributed by atoms with E-state index in [9.17, 15) is 9.18 Å². The smallest absolute Gasteiger partial charge is 0.319 e. The normalized spacial score (nSPS) is 10.1. The van der Waals surface area contributed by atoms with Crippen molar-refractivity contribution in [3.05, 3.63) is 59.9 Å². The van der Waals surface area contributed by atoms with Gasteiger partial charge in [0, 0.05) is 18.3 Å². The lowest BCUT2D eigenvalue weighted by Crippen LogP contribution is -2.29. The number of rotatable bonds is 6. The Morgan fingerprint density at radius 3 is 2.68 bits per heavy atom. The molecule has 0 spiro atoms. The molecule has 0 aliphatic rings. The van der Waals surface area contributed by atoms with Crippen LogP contribution in [-0.4, -0.2) is 19.7 Å². The fraction of sp³-hybridized carbons (Fsp3) is 0.235. The van der Waals surface area contributed by atoms with Crippen LogP contribution in [0.2, 0.25) is 0 Å². The van der Waals surface area contributed by atoms with Crippen molar-refractivity contribution in [2.75, 3.05) is 19.0 Å². The highest BCUT2D eigenvalue weighted by atomic mass is 19.1. The number of anilines is 1. The zero-order chi connectivity index (χ0) is 15.8. The maximum absolute atomic E-state index is 12.8. The van der Waals surface area contributed by atoms with Crippen LogP contribution < -0.4 is 15.4 Å². The summed E-state index contributed by atoms with van der Waals surface area (Å²) >= 11 is 0. The maximum Gasteiger partial charge on any atom is 0.319 e. The number of nitrogens with one attached hydrogen (secondary N) is 2. The molecule has 4 nitrogen and oxygen atoms in total. The quantitative estimate of drug-likeness (QED) is 0.801. The number of benzene rings is 2. The van der Waals surface area contributed by atoms with Crippen LogP contribution in [0.15, 0.2) is 48.5 Å². The number of halogens is 1. The van der Waals surface area contributed by atoms with Gasteiger partial charge in [0.1, 0.15) is 11.6 Å². The van der Waals surface area contributed by atoms with Crippen molar-refractivity contribution in [3.8, 4) is 5.75 Å². The summed E-state index contributed by atoms with van der Waals surface area (Å²) in [7, 11) is 1.58. The third kappa shape index (κ3) is 5.09. The molecule has 0 bridgehead atoms. The minimum Gasteiger partial charge on any atom is -0.497 e. The Morgan fingerprint density at radius 2 is 1.95 bits per heavy atom. The average molecular weight is 302 g/mol. The molecular weight excluding hydrogens is 283 g/mol. The zero-order valence-corrected chi connectivity index (χ0v) is 12.4. The summed E-state index contributed by atoms with van der Waals surface area (Å²) in [5, 5.41) is 5.53. The predicted octanol–water partition coefficient (Wildman–Crippen LogP) is 3.59. The van der Waals surface area contributed by atoms with Crippen LogP contribution in [0.25, 0.3) is 0 Å². The summed E-state index contributed by atoms with van der Waals surface area (Å²) < 4.78 is 17.9. The van der Waals surface area contributed by atoms with Crippen LogP contribution in [0.1, 0.15) is 12.0 Å². The molecule has 2 aromatic carbocycles. The first-order valence-corrected chi connectivity index (χ1v) is 7.11. The maximum atomic E-state index is 12.8. The molecule has 0 unspecified atom stereocenters. The van der Waals surface area contributed by atoms with Gasteiger partial charge < -0.3 is 15.4 Å². The van der Waals surface area contributed by atoms with Crippen LogP contribution in [-0.2, 0) is 6.42 Å². The van der Waals surface area contributed by atoms with Gasteiger partial charge in [0.15, 0.2) is 0 Å². The Kier molecular flexibility index (Phi) is 5.77. The molecule has 116 valence electrons. The molecule has 0 atom stereocenters. The fourth-order valence-corrected chi connectivity index (χ4v) is 2.02. The van der Waals surface area contributed by atoms with Crippen molar-refractivity contribution >= 4 is 11.7 Å². The van der Waals surface area contributed by atoms with Crippen molar-refractivity contribution in [1.29, 1.82) is 0 Å². The molecule has 2 aromatic rings. The molecule has 0 fully saturated rings. The van der Waals surface area contributed by atoms with Crippen molar-refractivity contribution in [1.82, 2.24) is 5.32 Å². The molecule has 5 heteroatoms. The zero-order valence-electron chi connectivity index (χ0n) is 12.4. The molecule has 0 saturated carbocycles. The second-order valence-electron chi connectivity index (χ2n) is 4.84. The van der Waals surface area contributed by atoms with Crippen molar-refractivity contribution in [2.45, 2.75) is 12.8 Å². The number of hydrogen-bond acceptors (Lipinski definition) is 2. The largest absolute Gasteiger partial charge is 0.497 e. The lowest BCUT2D eigenvalue weighted by atomic mass is 10.1. The van der Waals surface area contributed by atoms with Gasteiger partial charge in [-0.2, -0.15) is 0 Å². The van der Waals surface area contributed by atoms with E-state index in [-0.39, 0.29) is 11.8 Å². The first-order valence-electron chi connectivity index (χ1n) is 7.11. The molecule has 0 heterocycles. The summed E-state index contributed by atoms with van der Waals surface area (Å²) in [6.45, 7) is 0.549. The van der Waals surface area contributed by atoms with Gasteiger partial charge in [-0.1, -0.05) is 18.2 Å². The van der Waals surface area contributed by atoms with E-state index in [4.69, 9.17) is 4.74 Å². The Hall–Kier alpha value is -2.56. The lowest BCUT2D eigenvalue weighted by Gasteiger charge is -2.08. The Bertz CT molecular complexity index is 614. The van der Waals surface area contributed by atoms with Gasteiger partial charge in [-0.3, -0.25) is 0 Å². The second kappa shape index (κ2) is 8.02. The number of aryl methyl sites for hydroxylation is 1. The summed E-state index contributed by atoms with van der Waals surface area (Å²) in [5.74, 6) is 0.452. The third-order valence-corrected chi connectivity index (χ3v) is 3.17. The monoisotopic (exact) mass is 302 g/mol. The SMILES string of the molecule is COc1cccc(NC(=O)NCCCc2ccc(F)cc2)c1. The highest BCUT2D eigenvalue weighted by molar-refractivity contribution is 5.89. The summed E-state index contributed by atoms with van der Waals surface area (Å²) in [6.07, 6.45) is 1.58. The minimum atomic E-state index is -0.257. The number of ether oxygens (including phenoxy) is 1. The molecule has 0 aromatic heterocycles. The summed E-state index contributed by atoms with van der Waals surface area (Å²) in [5.41, 5.74) is 1.73. The Balaban J connectivity index is 1.70. The molecule has 0 radical (unpaired) electrons. The van der Waals surface area contributed by atoms with E-state index in [1.54, 1.807) is 31.4 Å². The molecule has 0 aliphatic carbocycles. The molecular formula is C17H19FN2O2. The molecule has 2 rings (SSSR count). The Morgan fingerprint density at radius 1 is 1.18 bits per heavy atom. The van der Waals surface area contributed by atoms with Gasteiger partial charge >= 0.3 is 6.03 Å². The molecule has 2 amide bonds. The molecule has 22 heavy (non-hydrogen) atoms. The summed E-state index contributed by atoms with van der Waals surface area (Å²) in [4.78, 5) is 11.8. The van der Waals surface area contributed by atoms with E-state index in [2.05, 4.69) is 10.6 Å². The summed E-state index contributed by atoms with van der Waals surface area (Å²) in [6, 6.07) is 13.3. The van der Waals surface area contributed by atoms with Gasteiger partial charge in [-0.05, 0) is 42.7 Å². The molecule has 0 saturated heterocycles. The fourth-order valence-electron chi connectivity index (χ4n) is 2.02. The highest BCUT2D eigenvalue weighted by Gasteiger charge is 2.02. The van der Waals surface area contributed by atoms with Gasteiger partial charge in [-0.15, -0.1) is 0 Å². The first kappa shape index (κ1) is 15.8. The number of methoxy groups -OCH3 is 1. The first-order chi connectivity index (χ1) is 10.7. The van der Waals surface area contributed by atoms with E-state index in [1.807, 2.05) is 12.1 Å². The number of carbonyl (C=O) groups is 1. The Labute approximate surface area is 129 Å². The van der Waals surface area contributed by atoms with Crippen molar-refractivity contribution < 1.29 is 13.9 Å². The van der Waals surface area contributed by atoms with Gasteiger partial charge in [-0.25, -0.2) is 9.18 Å². The standard InChI is InChI=1S/C17H19FN2O2/c1-22-16-6-2-5-15(12-16)20-17(21)19-11-3-4-13-7-9-14(18)10-8-13/h2,5-10,12H,3-4,11H2,1H3,(H2,19,20,21). The molecule has 2 N–H and O–H groups in total. The lowest BCUT2D eigenvalue weighted by molar-refractivity contribution is 0.252. The number of urea groups is 1. The van der Waals surface area contributed by atoms with E-state index in [1.165, 1.54) is 12.1 Å². The van der Waals surface area contributed by atoms with E-state index in [0.29, 0.717) is 18.0 Å². The topological polar surface area (TPSA) is 50.4 Å². The minimum absolute atomic E-state index is 0.237. The van der Waals surface area contributed by atoms with E-state index in [0.717, 1.165) is 18.4 Å². The van der Waals surface area contributed by atoms with Crippen LogP contribution in [0.3, 0.4) is 0 Å². The third-order valence-electron chi connectivity index (χ3n) is 3.17. The van der Waals surface area contributed by atoms with Gasteiger partial charge in [0.05, 0.1) is 7.11 Å². The number of carbonyl (C=O) groups excluding carboxylic acids is 1.